The molecule has 1 fully saturated rings. The first-order chi connectivity index (χ1) is 12.1. The Morgan fingerprint density at radius 2 is 1.68 bits per heavy atom. The smallest absolute Gasteiger partial charge is 0.319 e. The van der Waals surface area contributed by atoms with Crippen LogP contribution in [0.1, 0.15) is 24.2 Å². The monoisotopic (exact) mass is 344 g/mol. The van der Waals surface area contributed by atoms with Crippen molar-refractivity contribution in [2.24, 2.45) is 0 Å². The second kappa shape index (κ2) is 7.25. The molecule has 1 saturated carbocycles. The average molecular weight is 344 g/mol. The molecule has 1 heterocycles. The molecule has 2 aromatic rings. The van der Waals surface area contributed by atoms with Crippen molar-refractivity contribution in [3.8, 4) is 23.3 Å². The Morgan fingerprint density at radius 1 is 1.00 bits per heavy atom. The van der Waals surface area contributed by atoms with Gasteiger partial charge in [-0.1, -0.05) is 6.08 Å². The molecule has 25 heavy (non-hydrogen) atoms. The zero-order valence-corrected chi connectivity index (χ0v) is 14.3. The largest absolute Gasteiger partial charge is 0.493 e. The van der Waals surface area contributed by atoms with Crippen LogP contribution in [0.25, 0.3) is 12.2 Å². The van der Waals surface area contributed by atoms with Crippen molar-refractivity contribution in [2.75, 3.05) is 26.6 Å². The van der Waals surface area contributed by atoms with E-state index in [9.17, 15) is 5.11 Å². The molecule has 0 spiro atoms. The van der Waals surface area contributed by atoms with Crippen LogP contribution >= 0.6 is 0 Å². The van der Waals surface area contributed by atoms with Crippen LogP contribution in [0.5, 0.6) is 23.3 Å². The van der Waals surface area contributed by atoms with Crippen LogP contribution in [0.15, 0.2) is 12.1 Å². The molecule has 0 unspecified atom stereocenters. The molecule has 1 aromatic carbocycles. The Bertz CT molecular complexity index is 765. The molecule has 0 aliphatic heterocycles. The SMILES string of the molecule is COc1cc(/C=C/c2nc(O)nc(NC3CC3)n2)cc(OC)c1OC. The molecular formula is C17H20N4O4. The zero-order chi connectivity index (χ0) is 17.8. The van der Waals surface area contributed by atoms with Gasteiger partial charge in [-0.15, -0.1) is 0 Å². The van der Waals surface area contributed by atoms with Gasteiger partial charge in [0.25, 0.3) is 0 Å². The number of anilines is 1. The van der Waals surface area contributed by atoms with Gasteiger partial charge in [-0.3, -0.25) is 0 Å². The molecule has 2 N–H and O–H groups in total. The Kier molecular flexibility index (Phi) is 4.87. The molecule has 1 aromatic heterocycles. The van der Waals surface area contributed by atoms with E-state index in [1.165, 1.54) is 0 Å². The van der Waals surface area contributed by atoms with E-state index in [1.807, 2.05) is 12.1 Å². The van der Waals surface area contributed by atoms with Gasteiger partial charge in [0, 0.05) is 6.04 Å². The van der Waals surface area contributed by atoms with Crippen molar-refractivity contribution >= 4 is 18.1 Å². The van der Waals surface area contributed by atoms with Crippen LogP contribution in [0.2, 0.25) is 0 Å². The van der Waals surface area contributed by atoms with Crippen LogP contribution in [-0.4, -0.2) is 47.4 Å². The summed E-state index contributed by atoms with van der Waals surface area (Å²) in [5, 5.41) is 12.8. The summed E-state index contributed by atoms with van der Waals surface area (Å²) in [6.45, 7) is 0. The number of hydrogen-bond acceptors (Lipinski definition) is 8. The molecule has 1 aliphatic rings. The summed E-state index contributed by atoms with van der Waals surface area (Å²) in [7, 11) is 4.67. The van der Waals surface area contributed by atoms with Crippen LogP contribution in [0.4, 0.5) is 5.95 Å². The quantitative estimate of drug-likeness (QED) is 0.790. The highest BCUT2D eigenvalue weighted by Gasteiger charge is 2.22. The number of aromatic nitrogens is 3. The van der Waals surface area contributed by atoms with E-state index in [2.05, 4.69) is 20.3 Å². The summed E-state index contributed by atoms with van der Waals surface area (Å²) in [5.74, 6) is 2.35. The molecule has 0 saturated heterocycles. The lowest BCUT2D eigenvalue weighted by atomic mass is 10.1. The van der Waals surface area contributed by atoms with Gasteiger partial charge in [0.2, 0.25) is 11.7 Å². The van der Waals surface area contributed by atoms with E-state index in [0.717, 1.165) is 18.4 Å². The number of nitrogens with zero attached hydrogens (tertiary/aromatic N) is 3. The first-order valence-corrected chi connectivity index (χ1v) is 7.82. The second-order valence-electron chi connectivity index (χ2n) is 5.53. The number of methoxy groups -OCH3 is 3. The minimum absolute atomic E-state index is 0.317. The van der Waals surface area contributed by atoms with Gasteiger partial charge in [0.05, 0.1) is 21.3 Å². The van der Waals surface area contributed by atoms with Gasteiger partial charge in [0.15, 0.2) is 17.3 Å². The number of ether oxygens (including phenoxy) is 3. The number of benzene rings is 1. The number of hydrogen-bond donors (Lipinski definition) is 2. The van der Waals surface area contributed by atoms with Gasteiger partial charge in [-0.2, -0.15) is 15.0 Å². The van der Waals surface area contributed by atoms with E-state index in [4.69, 9.17) is 14.2 Å². The van der Waals surface area contributed by atoms with Crippen molar-refractivity contribution in [1.29, 1.82) is 0 Å². The van der Waals surface area contributed by atoms with Gasteiger partial charge >= 0.3 is 6.01 Å². The van der Waals surface area contributed by atoms with Crippen molar-refractivity contribution in [2.45, 2.75) is 18.9 Å². The normalized spacial score (nSPS) is 13.7. The summed E-state index contributed by atoms with van der Waals surface area (Å²) in [4.78, 5) is 12.1. The topological polar surface area (TPSA) is 98.6 Å². The highest BCUT2D eigenvalue weighted by molar-refractivity contribution is 5.71. The van der Waals surface area contributed by atoms with Crippen molar-refractivity contribution in [3.63, 3.8) is 0 Å². The second-order valence-corrected chi connectivity index (χ2v) is 5.53. The van der Waals surface area contributed by atoms with Crippen molar-refractivity contribution in [1.82, 2.24) is 15.0 Å². The minimum atomic E-state index is -0.317. The predicted molar refractivity (Wildman–Crippen MR) is 93.2 cm³/mol. The third-order valence-corrected chi connectivity index (χ3v) is 3.66. The standard InChI is InChI=1S/C17H20N4O4/c1-23-12-8-10(9-13(24-2)15(12)25-3)4-7-14-19-16(18-11-5-6-11)21-17(22)20-14/h4,7-9,11H,5-6H2,1-3H3,(H2,18,19,20,21,22)/b7-4+. The van der Waals surface area contributed by atoms with Gasteiger partial charge < -0.3 is 24.6 Å². The van der Waals surface area contributed by atoms with Gasteiger partial charge in [-0.05, 0) is 36.6 Å². The molecule has 0 amide bonds. The van der Waals surface area contributed by atoms with E-state index in [1.54, 1.807) is 33.5 Å². The molecule has 132 valence electrons. The lowest BCUT2D eigenvalue weighted by molar-refractivity contribution is 0.324. The first kappa shape index (κ1) is 16.8. The minimum Gasteiger partial charge on any atom is -0.493 e. The highest BCUT2D eigenvalue weighted by atomic mass is 16.5. The van der Waals surface area contributed by atoms with E-state index in [0.29, 0.717) is 35.1 Å². The summed E-state index contributed by atoms with van der Waals surface area (Å²) >= 11 is 0. The maximum Gasteiger partial charge on any atom is 0.319 e. The number of nitrogens with one attached hydrogen (secondary N) is 1. The van der Waals surface area contributed by atoms with Gasteiger partial charge in [-0.25, -0.2) is 0 Å². The third-order valence-electron chi connectivity index (χ3n) is 3.66. The highest BCUT2D eigenvalue weighted by Crippen LogP contribution is 2.38. The van der Waals surface area contributed by atoms with Gasteiger partial charge in [0.1, 0.15) is 0 Å². The van der Waals surface area contributed by atoms with E-state index in [-0.39, 0.29) is 6.01 Å². The van der Waals surface area contributed by atoms with Crippen molar-refractivity contribution in [3.05, 3.63) is 23.5 Å². The number of rotatable bonds is 7. The Labute approximate surface area is 145 Å². The Hall–Kier alpha value is -3.03. The molecule has 0 atom stereocenters. The predicted octanol–water partition coefficient (Wildman–Crippen LogP) is 2.35. The molecule has 1 aliphatic carbocycles. The van der Waals surface area contributed by atoms with Crippen LogP contribution < -0.4 is 19.5 Å². The average Bonchev–Trinajstić information content (AvgIpc) is 3.42. The molecule has 0 bridgehead atoms. The van der Waals surface area contributed by atoms with E-state index >= 15 is 0 Å². The summed E-state index contributed by atoms with van der Waals surface area (Å²) in [6, 6.07) is 3.68. The lowest BCUT2D eigenvalue weighted by Gasteiger charge is -2.12. The molecule has 3 rings (SSSR count). The molecular weight excluding hydrogens is 324 g/mol. The summed E-state index contributed by atoms with van der Waals surface area (Å²) in [6.07, 6.45) is 5.65. The fourth-order valence-electron chi connectivity index (χ4n) is 2.30. The molecule has 8 heteroatoms. The van der Waals surface area contributed by atoms with E-state index < -0.39 is 0 Å². The maximum atomic E-state index is 9.66. The van der Waals surface area contributed by atoms with Crippen molar-refractivity contribution < 1.29 is 19.3 Å². The lowest BCUT2D eigenvalue weighted by Crippen LogP contribution is -2.07. The number of aromatic hydroxyl groups is 1. The summed E-state index contributed by atoms with van der Waals surface area (Å²) < 4.78 is 16.0. The maximum absolute atomic E-state index is 9.66. The Morgan fingerprint density at radius 3 is 2.24 bits per heavy atom. The fourth-order valence-corrected chi connectivity index (χ4v) is 2.30. The zero-order valence-electron chi connectivity index (χ0n) is 14.3. The van der Waals surface area contributed by atoms with Crippen LogP contribution in [0, 0.1) is 0 Å². The summed E-state index contributed by atoms with van der Waals surface area (Å²) in [5.41, 5.74) is 0.811. The third kappa shape index (κ3) is 4.09. The first-order valence-electron chi connectivity index (χ1n) is 7.82. The molecule has 0 radical (unpaired) electrons. The van der Waals surface area contributed by atoms with Crippen LogP contribution in [-0.2, 0) is 0 Å². The fraction of sp³-hybridized carbons (Fsp3) is 0.353. The Balaban J connectivity index is 1.87. The van der Waals surface area contributed by atoms with Crippen LogP contribution in [0.3, 0.4) is 0 Å². The molecule has 8 nitrogen and oxygen atoms in total.